The van der Waals surface area contributed by atoms with Crippen LogP contribution >= 0.6 is 0 Å². The number of ether oxygens (including phenoxy) is 1. The molecule has 2 saturated heterocycles. The molecule has 9 atom stereocenters. The molecule has 2 unspecified atom stereocenters. The fraction of sp³-hybridized carbons (Fsp3) is 0.850. The summed E-state index contributed by atoms with van der Waals surface area (Å²) in [5, 5.41) is 45.1. The van der Waals surface area contributed by atoms with Gasteiger partial charge in [0.25, 0.3) is 0 Å². The first-order chi connectivity index (χ1) is 12.1. The van der Waals surface area contributed by atoms with Gasteiger partial charge in [-0.2, -0.15) is 0 Å². The molecule has 0 radical (unpaired) electrons. The van der Waals surface area contributed by atoms with E-state index in [1.54, 1.807) is 0 Å². The molecule has 2 aliphatic heterocycles. The van der Waals surface area contributed by atoms with E-state index in [0.29, 0.717) is 24.8 Å². The van der Waals surface area contributed by atoms with E-state index in [0.717, 1.165) is 6.42 Å². The van der Waals surface area contributed by atoms with Crippen LogP contribution in [0, 0.1) is 34.0 Å². The van der Waals surface area contributed by atoms with Gasteiger partial charge < -0.3 is 25.2 Å². The highest BCUT2D eigenvalue weighted by atomic mass is 16.6. The van der Waals surface area contributed by atoms with Crippen LogP contribution in [-0.2, 0) is 9.53 Å². The van der Waals surface area contributed by atoms with Crippen molar-refractivity contribution >= 4 is 5.78 Å². The topological polar surface area (TPSA) is 107 Å². The number of aliphatic hydroxyl groups is 4. The van der Waals surface area contributed by atoms with Crippen molar-refractivity contribution in [1.29, 1.82) is 0 Å². The lowest BCUT2D eigenvalue weighted by Crippen LogP contribution is -2.85. The molecule has 0 amide bonds. The van der Waals surface area contributed by atoms with Crippen LogP contribution < -0.4 is 0 Å². The Hall–Kier alpha value is -0.790. The van der Waals surface area contributed by atoms with Crippen LogP contribution in [0.4, 0.5) is 0 Å². The van der Waals surface area contributed by atoms with E-state index in [-0.39, 0.29) is 12.0 Å². The molecule has 4 aliphatic carbocycles. The SMILES string of the molecule is C=C1C(=O)C23C(CC[C@@H]1[C@@H]2O)[C@@]12CO[C@@]3(O)[C@@H](O)[C@@H]1C(C)(C)CC[C@@H]2O. The maximum absolute atomic E-state index is 13.3. The minimum absolute atomic E-state index is 0.0966. The first-order valence-corrected chi connectivity index (χ1v) is 9.71. The second-order valence-electron chi connectivity index (χ2n) is 9.97. The van der Waals surface area contributed by atoms with Crippen LogP contribution in [-0.4, -0.2) is 56.9 Å². The molecule has 6 heteroatoms. The summed E-state index contributed by atoms with van der Waals surface area (Å²) in [6.45, 7) is 8.07. The maximum Gasteiger partial charge on any atom is 0.208 e. The first kappa shape index (κ1) is 17.3. The fourth-order valence-electron chi connectivity index (χ4n) is 7.90. The zero-order valence-electron chi connectivity index (χ0n) is 15.3. The summed E-state index contributed by atoms with van der Waals surface area (Å²) in [5.74, 6) is -3.80. The van der Waals surface area contributed by atoms with Crippen molar-refractivity contribution in [2.24, 2.45) is 34.0 Å². The molecular formula is C20H28O6. The number of Topliss-reactive ketones (excluding diaryl/α,β-unsaturated/α-hetero) is 1. The summed E-state index contributed by atoms with van der Waals surface area (Å²) in [6, 6.07) is 0. The van der Waals surface area contributed by atoms with Crippen molar-refractivity contribution in [3.05, 3.63) is 12.2 Å². The highest BCUT2D eigenvalue weighted by molar-refractivity contribution is 6.05. The molecule has 2 spiro atoms. The molecule has 6 rings (SSSR count). The van der Waals surface area contributed by atoms with E-state index in [9.17, 15) is 25.2 Å². The predicted octanol–water partition coefficient (Wildman–Crippen LogP) is 0.376. The molecule has 4 saturated carbocycles. The Kier molecular flexibility index (Phi) is 3.07. The number of carbonyl (C=O) groups is 1. The molecule has 4 bridgehead atoms. The van der Waals surface area contributed by atoms with Gasteiger partial charge in [0, 0.05) is 17.3 Å². The van der Waals surface area contributed by atoms with Gasteiger partial charge in [0.2, 0.25) is 5.79 Å². The molecule has 0 aromatic heterocycles. The molecule has 6 aliphatic rings. The molecule has 6 nitrogen and oxygen atoms in total. The Morgan fingerprint density at radius 1 is 1.12 bits per heavy atom. The summed E-state index contributed by atoms with van der Waals surface area (Å²) in [4.78, 5) is 13.3. The lowest BCUT2D eigenvalue weighted by Gasteiger charge is -2.74. The zero-order chi connectivity index (χ0) is 18.9. The van der Waals surface area contributed by atoms with Crippen molar-refractivity contribution in [2.75, 3.05) is 6.61 Å². The van der Waals surface area contributed by atoms with Gasteiger partial charge in [0.1, 0.15) is 11.5 Å². The summed E-state index contributed by atoms with van der Waals surface area (Å²) in [7, 11) is 0. The van der Waals surface area contributed by atoms with Gasteiger partial charge in [-0.1, -0.05) is 20.4 Å². The van der Waals surface area contributed by atoms with Gasteiger partial charge in [0.15, 0.2) is 5.78 Å². The van der Waals surface area contributed by atoms with Crippen molar-refractivity contribution in [1.82, 2.24) is 0 Å². The van der Waals surface area contributed by atoms with E-state index in [2.05, 4.69) is 6.58 Å². The lowest BCUT2D eigenvalue weighted by atomic mass is 9.35. The van der Waals surface area contributed by atoms with Crippen LogP contribution in [0.3, 0.4) is 0 Å². The fourth-order valence-corrected chi connectivity index (χ4v) is 7.90. The number of carbonyl (C=O) groups excluding carboxylic acids is 1. The third-order valence-corrected chi connectivity index (χ3v) is 8.88. The molecule has 0 aromatic carbocycles. The molecule has 2 heterocycles. The van der Waals surface area contributed by atoms with E-state index in [1.165, 1.54) is 0 Å². The minimum atomic E-state index is -2.15. The van der Waals surface area contributed by atoms with Crippen LogP contribution in [0.2, 0.25) is 0 Å². The Bertz CT molecular complexity index is 717. The highest BCUT2D eigenvalue weighted by Crippen LogP contribution is 2.76. The summed E-state index contributed by atoms with van der Waals surface area (Å²) in [5.41, 5.74) is -2.49. The van der Waals surface area contributed by atoms with Crippen molar-refractivity contribution < 1.29 is 30.0 Å². The van der Waals surface area contributed by atoms with Crippen LogP contribution in [0.5, 0.6) is 0 Å². The van der Waals surface area contributed by atoms with Gasteiger partial charge >= 0.3 is 0 Å². The van der Waals surface area contributed by atoms with E-state index in [1.807, 2.05) is 13.8 Å². The van der Waals surface area contributed by atoms with Gasteiger partial charge in [-0.3, -0.25) is 4.79 Å². The molecular weight excluding hydrogens is 336 g/mol. The molecule has 26 heavy (non-hydrogen) atoms. The van der Waals surface area contributed by atoms with Crippen LogP contribution in [0.25, 0.3) is 0 Å². The van der Waals surface area contributed by atoms with E-state index >= 15 is 0 Å². The monoisotopic (exact) mass is 364 g/mol. The number of hydrogen-bond acceptors (Lipinski definition) is 6. The summed E-state index contributed by atoms with van der Waals surface area (Å²) >= 11 is 0. The van der Waals surface area contributed by atoms with Crippen molar-refractivity contribution in [2.45, 2.75) is 63.6 Å². The molecule has 4 N–H and O–H groups in total. The Balaban J connectivity index is 1.81. The molecule has 6 fully saturated rings. The average Bonchev–Trinajstić information content (AvgIpc) is 2.69. The number of rotatable bonds is 0. The number of ketones is 1. The largest absolute Gasteiger partial charge is 0.392 e. The number of hydrogen-bond donors (Lipinski definition) is 4. The van der Waals surface area contributed by atoms with E-state index in [4.69, 9.17) is 4.74 Å². The van der Waals surface area contributed by atoms with Crippen LogP contribution in [0.15, 0.2) is 12.2 Å². The maximum atomic E-state index is 13.3. The van der Waals surface area contributed by atoms with Gasteiger partial charge in [-0.05, 0) is 42.6 Å². The Morgan fingerprint density at radius 3 is 2.50 bits per heavy atom. The van der Waals surface area contributed by atoms with E-state index < -0.39 is 58.5 Å². The van der Waals surface area contributed by atoms with Gasteiger partial charge in [0.05, 0.1) is 18.8 Å². The second kappa shape index (κ2) is 4.61. The quantitative estimate of drug-likeness (QED) is 0.463. The predicted molar refractivity (Wildman–Crippen MR) is 90.7 cm³/mol. The van der Waals surface area contributed by atoms with Gasteiger partial charge in [-0.15, -0.1) is 0 Å². The van der Waals surface area contributed by atoms with Crippen molar-refractivity contribution in [3.63, 3.8) is 0 Å². The van der Waals surface area contributed by atoms with Crippen molar-refractivity contribution in [3.8, 4) is 0 Å². The van der Waals surface area contributed by atoms with Gasteiger partial charge in [-0.25, -0.2) is 0 Å². The summed E-state index contributed by atoms with van der Waals surface area (Å²) in [6.07, 6.45) is -0.747. The number of fused-ring (bicyclic) bond motifs is 2. The average molecular weight is 364 g/mol. The number of aliphatic hydroxyl groups excluding tert-OH is 3. The Morgan fingerprint density at radius 2 is 1.81 bits per heavy atom. The Labute approximate surface area is 152 Å². The summed E-state index contributed by atoms with van der Waals surface area (Å²) < 4.78 is 5.80. The smallest absolute Gasteiger partial charge is 0.208 e. The normalized spacial score (nSPS) is 59.9. The molecule has 144 valence electrons. The first-order valence-electron chi connectivity index (χ1n) is 9.71. The van der Waals surface area contributed by atoms with Crippen LogP contribution in [0.1, 0.15) is 39.5 Å². The minimum Gasteiger partial charge on any atom is -0.392 e. The second-order valence-corrected chi connectivity index (χ2v) is 9.97. The standard InChI is InChI=1S/C20H28O6/c1-9-10-4-5-11-18-8-26-20(25,19(11,14(9)22)15(10)23)16(24)13(18)17(2,3)7-6-12(18)21/h10-13,15-16,21,23-25H,1,4-8H2,2-3H3/t10-,11?,12-,13+,15-,16-,18+,19?,20-/m0/s1. The molecule has 0 aromatic rings. The third-order valence-electron chi connectivity index (χ3n) is 8.88. The lowest BCUT2D eigenvalue weighted by molar-refractivity contribution is -0.458. The highest BCUT2D eigenvalue weighted by Gasteiger charge is 2.86. The zero-order valence-corrected chi connectivity index (χ0v) is 15.3. The third kappa shape index (κ3) is 1.41.